The third kappa shape index (κ3) is 2.48. The Morgan fingerprint density at radius 3 is 2.52 bits per heavy atom. The minimum atomic E-state index is -0.151. The van der Waals surface area contributed by atoms with Gasteiger partial charge in [-0.25, -0.2) is 9.97 Å². The zero-order chi connectivity index (χ0) is 15.4. The van der Waals surface area contributed by atoms with Gasteiger partial charge in [-0.3, -0.25) is 0 Å². The molecule has 1 aromatic rings. The van der Waals surface area contributed by atoms with E-state index in [1.165, 1.54) is 0 Å². The highest BCUT2D eigenvalue weighted by atomic mass is 16.3. The molecule has 1 aliphatic carbocycles. The van der Waals surface area contributed by atoms with E-state index < -0.39 is 0 Å². The second kappa shape index (κ2) is 4.83. The lowest BCUT2D eigenvalue weighted by Crippen LogP contribution is -2.28. The molecule has 1 saturated heterocycles. The number of aliphatic hydroxyl groups excluding tert-OH is 1. The fraction of sp³-hybridized carbons (Fsp3) is 0.750. The molecule has 0 aromatic carbocycles. The molecule has 1 aliphatic heterocycles. The van der Waals surface area contributed by atoms with Gasteiger partial charge in [0.25, 0.3) is 0 Å². The van der Waals surface area contributed by atoms with Crippen molar-refractivity contribution in [1.29, 1.82) is 0 Å². The highest BCUT2D eigenvalue weighted by Crippen LogP contribution is 2.40. The molecule has 5 heteroatoms. The van der Waals surface area contributed by atoms with E-state index in [1.807, 2.05) is 6.92 Å². The molecule has 1 saturated carbocycles. The fourth-order valence-corrected chi connectivity index (χ4v) is 3.57. The van der Waals surface area contributed by atoms with Gasteiger partial charge in [0.15, 0.2) is 0 Å². The van der Waals surface area contributed by atoms with Crippen molar-refractivity contribution in [1.82, 2.24) is 9.97 Å². The van der Waals surface area contributed by atoms with Crippen LogP contribution in [0.2, 0.25) is 0 Å². The van der Waals surface area contributed by atoms with E-state index in [-0.39, 0.29) is 11.5 Å². The summed E-state index contributed by atoms with van der Waals surface area (Å²) in [6.45, 7) is 10.1. The topological polar surface area (TPSA) is 75.3 Å². The average Bonchev–Trinajstić information content (AvgIpc) is 2.94. The summed E-state index contributed by atoms with van der Waals surface area (Å²) in [6, 6.07) is 0. The van der Waals surface area contributed by atoms with Crippen molar-refractivity contribution in [3.63, 3.8) is 0 Å². The van der Waals surface area contributed by atoms with Crippen LogP contribution >= 0.6 is 0 Å². The van der Waals surface area contributed by atoms with Gasteiger partial charge in [0.1, 0.15) is 17.5 Å². The van der Waals surface area contributed by atoms with E-state index in [0.717, 1.165) is 43.1 Å². The van der Waals surface area contributed by atoms with Crippen LogP contribution in [-0.2, 0) is 5.41 Å². The fourth-order valence-electron chi connectivity index (χ4n) is 3.57. The van der Waals surface area contributed by atoms with Gasteiger partial charge in [-0.05, 0) is 25.7 Å². The van der Waals surface area contributed by atoms with Gasteiger partial charge in [0.2, 0.25) is 0 Å². The van der Waals surface area contributed by atoms with Crippen LogP contribution in [-0.4, -0.2) is 34.3 Å². The normalized spacial score (nSPS) is 29.0. The summed E-state index contributed by atoms with van der Waals surface area (Å²) in [4.78, 5) is 11.5. The van der Waals surface area contributed by atoms with Crippen LogP contribution in [0.15, 0.2) is 0 Å². The zero-order valence-corrected chi connectivity index (χ0v) is 13.4. The lowest BCUT2D eigenvalue weighted by atomic mass is 9.95. The van der Waals surface area contributed by atoms with Crippen LogP contribution in [0.5, 0.6) is 0 Å². The molecular weight excluding hydrogens is 264 g/mol. The molecule has 5 nitrogen and oxygen atoms in total. The number of nitrogens with zero attached hydrogens (tertiary/aromatic N) is 3. The Bertz CT molecular complexity index is 552. The van der Waals surface area contributed by atoms with Gasteiger partial charge in [0, 0.05) is 30.0 Å². The van der Waals surface area contributed by atoms with E-state index >= 15 is 0 Å². The first-order valence-corrected chi connectivity index (χ1v) is 7.85. The van der Waals surface area contributed by atoms with Gasteiger partial charge in [-0.1, -0.05) is 20.8 Å². The minimum Gasteiger partial charge on any atom is -0.393 e. The molecule has 0 radical (unpaired) electrons. The molecule has 1 aromatic heterocycles. The number of fused-ring (bicyclic) bond motifs is 1. The minimum absolute atomic E-state index is 0.119. The lowest BCUT2D eigenvalue weighted by molar-refractivity contribution is 0.133. The molecule has 3 N–H and O–H groups in total. The molecule has 0 bridgehead atoms. The smallest absolute Gasteiger partial charge is 0.138 e. The lowest BCUT2D eigenvalue weighted by Gasteiger charge is -2.25. The molecule has 0 amide bonds. The van der Waals surface area contributed by atoms with Gasteiger partial charge in [-0.2, -0.15) is 0 Å². The summed E-state index contributed by atoms with van der Waals surface area (Å²) >= 11 is 0. The molecule has 3 atom stereocenters. The summed E-state index contributed by atoms with van der Waals surface area (Å²) in [5.41, 5.74) is 6.94. The Hall–Kier alpha value is -1.36. The number of aliphatic hydroxyl groups is 1. The zero-order valence-electron chi connectivity index (χ0n) is 13.4. The average molecular weight is 290 g/mol. The highest BCUT2D eigenvalue weighted by molar-refractivity contribution is 5.57. The van der Waals surface area contributed by atoms with E-state index in [2.05, 4.69) is 30.7 Å². The van der Waals surface area contributed by atoms with Crippen LogP contribution in [0.3, 0.4) is 0 Å². The van der Waals surface area contributed by atoms with E-state index in [1.54, 1.807) is 0 Å². The summed E-state index contributed by atoms with van der Waals surface area (Å²) in [5.74, 6) is 3.29. The van der Waals surface area contributed by atoms with Crippen molar-refractivity contribution in [2.24, 2.45) is 11.8 Å². The first-order chi connectivity index (χ1) is 9.77. The Kier molecular flexibility index (Phi) is 3.35. The van der Waals surface area contributed by atoms with Crippen LogP contribution in [0, 0.1) is 18.8 Å². The van der Waals surface area contributed by atoms with Crippen LogP contribution in [0.25, 0.3) is 0 Å². The summed E-state index contributed by atoms with van der Waals surface area (Å²) < 4.78 is 0. The number of hydrogen-bond donors (Lipinski definition) is 2. The van der Waals surface area contributed by atoms with Crippen molar-refractivity contribution < 1.29 is 5.11 Å². The highest BCUT2D eigenvalue weighted by Gasteiger charge is 2.42. The first kappa shape index (κ1) is 14.6. The Morgan fingerprint density at radius 2 is 1.90 bits per heavy atom. The van der Waals surface area contributed by atoms with E-state index in [9.17, 15) is 5.11 Å². The third-order valence-corrected chi connectivity index (χ3v) is 4.95. The largest absolute Gasteiger partial charge is 0.393 e. The maximum absolute atomic E-state index is 10.1. The van der Waals surface area contributed by atoms with Crippen molar-refractivity contribution in [3.8, 4) is 0 Å². The third-order valence-electron chi connectivity index (χ3n) is 4.95. The molecule has 2 aliphatic rings. The summed E-state index contributed by atoms with van der Waals surface area (Å²) in [6.07, 6.45) is 1.91. The Labute approximate surface area is 126 Å². The number of nitrogen functional groups attached to an aromatic ring is 1. The van der Waals surface area contributed by atoms with Gasteiger partial charge >= 0.3 is 0 Å². The van der Waals surface area contributed by atoms with Gasteiger partial charge in [-0.15, -0.1) is 0 Å². The number of nitrogens with two attached hydrogens (primary N) is 1. The second-order valence-electron chi connectivity index (χ2n) is 7.60. The Morgan fingerprint density at radius 1 is 1.19 bits per heavy atom. The predicted molar refractivity (Wildman–Crippen MR) is 84.3 cm³/mol. The monoisotopic (exact) mass is 290 g/mol. The maximum Gasteiger partial charge on any atom is 0.138 e. The molecule has 2 heterocycles. The maximum atomic E-state index is 10.1. The summed E-state index contributed by atoms with van der Waals surface area (Å²) in [7, 11) is 0. The van der Waals surface area contributed by atoms with Crippen LogP contribution in [0.4, 0.5) is 11.6 Å². The van der Waals surface area contributed by atoms with Crippen molar-refractivity contribution in [2.75, 3.05) is 23.7 Å². The first-order valence-electron chi connectivity index (χ1n) is 7.85. The van der Waals surface area contributed by atoms with Gasteiger partial charge in [0.05, 0.1) is 6.10 Å². The molecule has 3 rings (SSSR count). The van der Waals surface area contributed by atoms with Crippen LogP contribution < -0.4 is 10.6 Å². The molecule has 116 valence electrons. The summed E-state index contributed by atoms with van der Waals surface area (Å²) in [5, 5.41) is 10.1. The molecular formula is C16H26N4O. The van der Waals surface area contributed by atoms with E-state index in [0.29, 0.717) is 17.7 Å². The molecule has 21 heavy (non-hydrogen) atoms. The molecule has 3 unspecified atom stereocenters. The van der Waals surface area contributed by atoms with Crippen molar-refractivity contribution in [2.45, 2.75) is 52.1 Å². The number of aromatic nitrogens is 2. The number of rotatable bonds is 1. The second-order valence-corrected chi connectivity index (χ2v) is 7.60. The number of anilines is 2. The quantitative estimate of drug-likeness (QED) is 0.826. The Balaban J connectivity index is 1.94. The standard InChI is InChI=1S/C16H26N4O/c1-9-13(17)18-15(16(2,3)4)19-14(9)20-7-10-5-6-12(21)11(10)8-20/h10-12,21H,5-8H2,1-4H3,(H2,17,18,19). The predicted octanol–water partition coefficient (Wildman–Crippen LogP) is 1.87. The van der Waals surface area contributed by atoms with Gasteiger partial charge < -0.3 is 15.7 Å². The van der Waals surface area contributed by atoms with E-state index in [4.69, 9.17) is 10.7 Å². The number of hydrogen-bond acceptors (Lipinski definition) is 5. The molecule has 2 fully saturated rings. The SMILES string of the molecule is Cc1c(N)nc(C(C)(C)C)nc1N1CC2CCC(O)C2C1. The van der Waals surface area contributed by atoms with Crippen molar-refractivity contribution in [3.05, 3.63) is 11.4 Å². The van der Waals surface area contributed by atoms with Crippen molar-refractivity contribution >= 4 is 11.6 Å². The molecule has 0 spiro atoms. The van der Waals surface area contributed by atoms with Crippen LogP contribution in [0.1, 0.15) is 45.0 Å².